The van der Waals surface area contributed by atoms with Gasteiger partial charge in [-0.15, -0.1) is 0 Å². The number of hydrogen-bond acceptors (Lipinski definition) is 5. The van der Waals surface area contributed by atoms with E-state index in [-0.39, 0.29) is 17.5 Å². The number of methoxy groups -OCH3 is 1. The van der Waals surface area contributed by atoms with Crippen molar-refractivity contribution >= 4 is 12.0 Å². The van der Waals surface area contributed by atoms with Crippen LogP contribution in [0.5, 0.6) is 11.5 Å². The van der Waals surface area contributed by atoms with Crippen molar-refractivity contribution in [1.82, 2.24) is 9.47 Å². The number of rotatable bonds is 7. The van der Waals surface area contributed by atoms with Gasteiger partial charge in [-0.25, -0.2) is 0 Å². The van der Waals surface area contributed by atoms with Gasteiger partial charge in [0.1, 0.15) is 24.9 Å². The summed E-state index contributed by atoms with van der Waals surface area (Å²) < 4.78 is 18.6. The lowest BCUT2D eigenvalue weighted by Gasteiger charge is -2.21. The first-order valence-corrected chi connectivity index (χ1v) is 10.3. The molecule has 1 aromatic heterocycles. The molecule has 1 amide bonds. The number of ether oxygens (including phenoxy) is 3. The van der Waals surface area contributed by atoms with Gasteiger partial charge in [-0.1, -0.05) is 6.07 Å². The molecule has 0 saturated carbocycles. The summed E-state index contributed by atoms with van der Waals surface area (Å²) in [5.41, 5.74) is 3.92. The molecular weight excluding hydrogens is 394 g/mol. The normalized spacial score (nSPS) is 14.1. The van der Waals surface area contributed by atoms with Crippen LogP contribution in [0.25, 0.3) is 6.08 Å². The topological polar surface area (TPSA) is 76.7 Å². The van der Waals surface area contributed by atoms with Crippen LogP contribution < -0.4 is 9.47 Å². The van der Waals surface area contributed by atoms with E-state index in [9.17, 15) is 10.1 Å². The molecule has 2 aromatic rings. The molecule has 1 aliphatic rings. The van der Waals surface area contributed by atoms with Crippen LogP contribution in [0.4, 0.5) is 0 Å². The Morgan fingerprint density at radius 2 is 2.00 bits per heavy atom. The Morgan fingerprint density at radius 1 is 1.29 bits per heavy atom. The molecule has 0 radical (unpaired) electrons. The SMILES string of the molecule is COCC(C)n1c(C)cc(/C=C(/C#N)C(=O)N(C)Cc2ccc3c(c2)OCCO3)c1C. The number of benzene rings is 1. The number of fused-ring (bicyclic) bond motifs is 1. The Balaban J connectivity index is 1.79. The van der Waals surface area contributed by atoms with Gasteiger partial charge in [0.15, 0.2) is 11.5 Å². The molecule has 3 rings (SSSR count). The predicted octanol–water partition coefficient (Wildman–Crippen LogP) is 3.65. The number of carbonyl (C=O) groups excluding carboxylic acids is 1. The average molecular weight is 424 g/mol. The lowest BCUT2D eigenvalue weighted by Crippen LogP contribution is -2.27. The minimum atomic E-state index is -0.327. The number of aromatic nitrogens is 1. The fourth-order valence-corrected chi connectivity index (χ4v) is 3.98. The van der Waals surface area contributed by atoms with Crippen molar-refractivity contribution in [2.24, 2.45) is 0 Å². The number of likely N-dealkylation sites (N-methyl/N-ethyl adjacent to an activating group) is 1. The molecule has 0 spiro atoms. The van der Waals surface area contributed by atoms with Gasteiger partial charge in [0.2, 0.25) is 0 Å². The highest BCUT2D eigenvalue weighted by Gasteiger charge is 2.19. The highest BCUT2D eigenvalue weighted by atomic mass is 16.6. The van der Waals surface area contributed by atoms with Crippen molar-refractivity contribution in [3.8, 4) is 17.6 Å². The number of carbonyl (C=O) groups is 1. The summed E-state index contributed by atoms with van der Waals surface area (Å²) in [6.07, 6.45) is 1.67. The molecule has 31 heavy (non-hydrogen) atoms. The lowest BCUT2D eigenvalue weighted by molar-refractivity contribution is -0.125. The van der Waals surface area contributed by atoms with Crippen LogP contribution in [0, 0.1) is 25.2 Å². The van der Waals surface area contributed by atoms with E-state index in [0.717, 1.165) is 22.5 Å². The van der Waals surface area contributed by atoms with Crippen LogP contribution in [0.2, 0.25) is 0 Å². The summed E-state index contributed by atoms with van der Waals surface area (Å²) in [5, 5.41) is 9.66. The van der Waals surface area contributed by atoms with Gasteiger partial charge in [-0.05, 0) is 56.2 Å². The number of nitriles is 1. The fraction of sp³-hybridized carbons (Fsp3) is 0.417. The molecule has 164 valence electrons. The maximum atomic E-state index is 13.0. The van der Waals surface area contributed by atoms with Crippen molar-refractivity contribution in [2.45, 2.75) is 33.4 Å². The Hall–Kier alpha value is -3.24. The van der Waals surface area contributed by atoms with E-state index in [0.29, 0.717) is 37.9 Å². The summed E-state index contributed by atoms with van der Waals surface area (Å²) in [7, 11) is 3.36. The van der Waals surface area contributed by atoms with Crippen LogP contribution in [0.1, 0.15) is 35.5 Å². The van der Waals surface area contributed by atoms with Gasteiger partial charge in [-0.3, -0.25) is 4.79 Å². The van der Waals surface area contributed by atoms with Crippen molar-refractivity contribution < 1.29 is 19.0 Å². The van der Waals surface area contributed by atoms with Crippen LogP contribution in [0.15, 0.2) is 29.8 Å². The van der Waals surface area contributed by atoms with E-state index in [1.165, 1.54) is 4.90 Å². The third kappa shape index (κ3) is 4.92. The quantitative estimate of drug-likeness (QED) is 0.502. The highest BCUT2D eigenvalue weighted by Crippen LogP contribution is 2.31. The predicted molar refractivity (Wildman–Crippen MR) is 118 cm³/mol. The van der Waals surface area contributed by atoms with Crippen LogP contribution in [-0.2, 0) is 16.1 Å². The van der Waals surface area contributed by atoms with Gasteiger partial charge >= 0.3 is 0 Å². The lowest BCUT2D eigenvalue weighted by atomic mass is 10.1. The zero-order valence-corrected chi connectivity index (χ0v) is 18.8. The molecular formula is C24H29N3O4. The van der Waals surface area contributed by atoms with Crippen LogP contribution in [-0.4, -0.2) is 49.4 Å². The van der Waals surface area contributed by atoms with Crippen LogP contribution >= 0.6 is 0 Å². The van der Waals surface area contributed by atoms with E-state index < -0.39 is 0 Å². The minimum Gasteiger partial charge on any atom is -0.486 e. The standard InChI is InChI=1S/C24H29N3O4/c1-16-10-20(18(3)27(16)17(2)15-29-5)12-21(13-25)24(28)26(4)14-19-6-7-22-23(11-19)31-9-8-30-22/h6-7,10-12,17H,8-9,14-15H2,1-5H3/b21-12-. The molecule has 0 fully saturated rings. The Bertz CT molecular complexity index is 1030. The second-order valence-electron chi connectivity index (χ2n) is 7.81. The monoisotopic (exact) mass is 423 g/mol. The van der Waals surface area contributed by atoms with Gasteiger partial charge in [-0.2, -0.15) is 5.26 Å². The van der Waals surface area contributed by atoms with E-state index in [1.54, 1.807) is 20.2 Å². The molecule has 7 heteroatoms. The summed E-state index contributed by atoms with van der Waals surface area (Å²) in [4.78, 5) is 14.5. The zero-order chi connectivity index (χ0) is 22.5. The van der Waals surface area contributed by atoms with E-state index in [2.05, 4.69) is 17.6 Å². The van der Waals surface area contributed by atoms with Crippen LogP contribution in [0.3, 0.4) is 0 Å². The molecule has 0 aliphatic carbocycles. The molecule has 1 aliphatic heterocycles. The summed E-state index contributed by atoms with van der Waals surface area (Å²) >= 11 is 0. The van der Waals surface area contributed by atoms with Gasteiger partial charge in [0.05, 0.1) is 12.6 Å². The van der Waals surface area contributed by atoms with Crippen molar-refractivity contribution in [2.75, 3.05) is 34.0 Å². The minimum absolute atomic E-state index is 0.0969. The van der Waals surface area contributed by atoms with E-state index >= 15 is 0 Å². The number of amides is 1. The highest BCUT2D eigenvalue weighted by molar-refractivity contribution is 6.01. The molecule has 1 unspecified atom stereocenters. The fourth-order valence-electron chi connectivity index (χ4n) is 3.98. The third-order valence-electron chi connectivity index (χ3n) is 5.40. The number of nitrogens with zero attached hydrogens (tertiary/aromatic N) is 3. The second kappa shape index (κ2) is 9.71. The van der Waals surface area contributed by atoms with Gasteiger partial charge in [0, 0.05) is 32.1 Å². The first-order chi connectivity index (χ1) is 14.8. The number of aryl methyl sites for hydroxylation is 1. The first-order valence-electron chi connectivity index (χ1n) is 10.3. The summed E-state index contributed by atoms with van der Waals surface area (Å²) in [6, 6.07) is 9.84. The van der Waals surface area contributed by atoms with E-state index in [4.69, 9.17) is 14.2 Å². The van der Waals surface area contributed by atoms with Gasteiger partial charge < -0.3 is 23.7 Å². The second-order valence-corrected chi connectivity index (χ2v) is 7.81. The van der Waals surface area contributed by atoms with Gasteiger partial charge in [0.25, 0.3) is 5.91 Å². The maximum absolute atomic E-state index is 13.0. The van der Waals surface area contributed by atoms with Crippen molar-refractivity contribution in [3.63, 3.8) is 0 Å². The molecule has 7 nitrogen and oxygen atoms in total. The Morgan fingerprint density at radius 3 is 2.68 bits per heavy atom. The third-order valence-corrected chi connectivity index (χ3v) is 5.40. The zero-order valence-electron chi connectivity index (χ0n) is 18.8. The number of hydrogen-bond donors (Lipinski definition) is 0. The maximum Gasteiger partial charge on any atom is 0.264 e. The smallest absolute Gasteiger partial charge is 0.264 e. The largest absolute Gasteiger partial charge is 0.486 e. The summed E-state index contributed by atoms with van der Waals surface area (Å²) in [5.74, 6) is 1.06. The molecule has 0 bridgehead atoms. The van der Waals surface area contributed by atoms with Crippen molar-refractivity contribution in [3.05, 3.63) is 52.4 Å². The molecule has 0 saturated heterocycles. The van der Waals surface area contributed by atoms with E-state index in [1.807, 2.05) is 38.1 Å². The molecule has 2 heterocycles. The Labute approximate surface area is 183 Å². The average Bonchev–Trinajstić information content (AvgIpc) is 3.04. The first kappa shape index (κ1) is 22.4. The summed E-state index contributed by atoms with van der Waals surface area (Å²) in [6.45, 7) is 8.07. The molecule has 0 N–H and O–H groups in total. The van der Waals surface area contributed by atoms with Crippen molar-refractivity contribution in [1.29, 1.82) is 5.26 Å². The molecule has 1 atom stereocenters. The Kier molecular flexibility index (Phi) is 7.03. The molecule has 1 aromatic carbocycles.